The number of carbonyl (C=O) groups is 1. The van der Waals surface area contributed by atoms with Gasteiger partial charge < -0.3 is 89.9 Å². The molecule has 107 heavy (non-hydrogen) atoms. The predicted octanol–water partition coefficient (Wildman–Crippen LogP) is 15.5. The molecule has 3 saturated heterocycles. The van der Waals surface area contributed by atoms with Crippen molar-refractivity contribution in [3.63, 3.8) is 0 Å². The van der Waals surface area contributed by atoms with Gasteiger partial charge in [0.25, 0.3) is 0 Å². The summed E-state index contributed by atoms with van der Waals surface area (Å²) in [5, 5.41) is 121. The lowest BCUT2D eigenvalue weighted by Gasteiger charge is -2.48. The molecular formula is C88H155NO18. The molecule has 620 valence electrons. The Bertz CT molecular complexity index is 2310. The number of allylic oxidation sites excluding steroid dienone is 15. The van der Waals surface area contributed by atoms with E-state index in [1.165, 1.54) is 212 Å². The molecule has 3 aliphatic heterocycles. The Morgan fingerprint density at radius 3 is 1.05 bits per heavy atom. The Hall–Kier alpha value is -3.29. The molecule has 12 N–H and O–H groups in total. The first-order valence-corrected chi connectivity index (χ1v) is 43.0. The van der Waals surface area contributed by atoms with E-state index in [0.717, 1.165) is 77.0 Å². The first kappa shape index (κ1) is 97.9. The Labute approximate surface area is 647 Å². The smallest absolute Gasteiger partial charge is 0.220 e. The maximum Gasteiger partial charge on any atom is 0.220 e. The number of aliphatic hydroxyl groups is 11. The lowest BCUT2D eigenvalue weighted by Crippen LogP contribution is -2.66. The van der Waals surface area contributed by atoms with Crippen LogP contribution in [0.5, 0.6) is 0 Å². The molecule has 19 heteroatoms. The largest absolute Gasteiger partial charge is 0.394 e. The maximum atomic E-state index is 13.5. The normalized spacial score (nSPS) is 26.0. The average molecular weight is 1520 g/mol. The predicted molar refractivity (Wildman–Crippen MR) is 429 cm³/mol. The Balaban J connectivity index is 1.34. The summed E-state index contributed by atoms with van der Waals surface area (Å²) in [5.41, 5.74) is 0. The van der Waals surface area contributed by atoms with Crippen LogP contribution in [0.2, 0.25) is 0 Å². The molecule has 3 heterocycles. The van der Waals surface area contributed by atoms with Gasteiger partial charge in [-0.05, 0) is 89.9 Å². The molecule has 0 aliphatic carbocycles. The Morgan fingerprint density at radius 1 is 0.346 bits per heavy atom. The van der Waals surface area contributed by atoms with Crippen molar-refractivity contribution in [3.8, 4) is 0 Å². The third-order valence-corrected chi connectivity index (χ3v) is 20.8. The molecule has 3 fully saturated rings. The van der Waals surface area contributed by atoms with E-state index in [2.05, 4.69) is 104 Å². The van der Waals surface area contributed by atoms with Crippen molar-refractivity contribution in [1.29, 1.82) is 0 Å². The van der Waals surface area contributed by atoms with E-state index < -0.39 is 124 Å². The average Bonchev–Trinajstić information content (AvgIpc) is 0.781. The molecule has 0 spiro atoms. The topological polar surface area (TPSA) is 307 Å². The molecule has 0 bridgehead atoms. The summed E-state index contributed by atoms with van der Waals surface area (Å²) >= 11 is 0. The van der Waals surface area contributed by atoms with E-state index >= 15 is 0 Å². The van der Waals surface area contributed by atoms with Crippen molar-refractivity contribution in [2.45, 2.75) is 426 Å². The first-order valence-electron chi connectivity index (χ1n) is 43.0. The van der Waals surface area contributed by atoms with Crippen LogP contribution >= 0.6 is 0 Å². The van der Waals surface area contributed by atoms with Crippen molar-refractivity contribution in [2.75, 3.05) is 26.4 Å². The molecule has 1 amide bonds. The summed E-state index contributed by atoms with van der Waals surface area (Å²) in [6.07, 6.45) is 65.5. The monoisotopic (exact) mass is 1510 g/mol. The number of aliphatic hydroxyl groups excluding tert-OH is 11. The zero-order valence-electron chi connectivity index (χ0n) is 66.6. The highest BCUT2D eigenvalue weighted by atomic mass is 16.8. The van der Waals surface area contributed by atoms with E-state index in [4.69, 9.17) is 28.4 Å². The third-order valence-electron chi connectivity index (χ3n) is 20.8. The van der Waals surface area contributed by atoms with Crippen molar-refractivity contribution >= 4 is 5.91 Å². The summed E-state index contributed by atoms with van der Waals surface area (Å²) in [6.45, 7) is 1.63. The van der Waals surface area contributed by atoms with Gasteiger partial charge >= 0.3 is 0 Å². The molecule has 19 nitrogen and oxygen atoms in total. The molecule has 17 unspecified atom stereocenters. The molecule has 0 saturated carbocycles. The van der Waals surface area contributed by atoms with Gasteiger partial charge in [-0.15, -0.1) is 0 Å². The highest BCUT2D eigenvalue weighted by molar-refractivity contribution is 5.76. The van der Waals surface area contributed by atoms with Crippen LogP contribution in [-0.2, 0) is 33.2 Å². The second kappa shape index (κ2) is 67.2. The molecule has 0 aromatic heterocycles. The molecule has 0 radical (unpaired) electrons. The maximum absolute atomic E-state index is 13.5. The molecule has 3 aliphatic rings. The van der Waals surface area contributed by atoms with E-state index in [9.17, 15) is 61.0 Å². The molecule has 0 aromatic rings. The van der Waals surface area contributed by atoms with Gasteiger partial charge in [0.1, 0.15) is 73.2 Å². The SMILES string of the molecule is CC/C=C\C/C=C\C/C=C\C/C=C\C/C=C\CCCCCCCCCCCCCCCCCCCCCCCC(=O)NC(COC1OC(CO)C(OC2OC(CO)C(OC3OC(CO)C(O)C(O)C3O)C(O)C2O)C(O)C1O)C(O)/C=C/CC/C=C/CC/C=C/CCCCCCCCCCCCCCCCC. The fourth-order valence-electron chi connectivity index (χ4n) is 14.0. The van der Waals surface area contributed by atoms with E-state index in [1.54, 1.807) is 6.08 Å². The van der Waals surface area contributed by atoms with Gasteiger partial charge in [0.15, 0.2) is 18.9 Å². The highest BCUT2D eigenvalue weighted by Gasteiger charge is 2.54. The fourth-order valence-corrected chi connectivity index (χ4v) is 14.0. The van der Waals surface area contributed by atoms with Crippen molar-refractivity contribution in [3.05, 3.63) is 97.2 Å². The minimum Gasteiger partial charge on any atom is -0.394 e. The van der Waals surface area contributed by atoms with Crippen LogP contribution in [0.25, 0.3) is 0 Å². The Morgan fingerprint density at radius 2 is 0.654 bits per heavy atom. The quantitative estimate of drug-likeness (QED) is 0.0199. The lowest BCUT2D eigenvalue weighted by molar-refractivity contribution is -0.379. The van der Waals surface area contributed by atoms with Crippen molar-refractivity contribution < 1.29 is 89.4 Å². The van der Waals surface area contributed by atoms with Gasteiger partial charge in [-0.2, -0.15) is 0 Å². The van der Waals surface area contributed by atoms with Gasteiger partial charge in [-0.1, -0.05) is 323 Å². The summed E-state index contributed by atoms with van der Waals surface area (Å²) in [7, 11) is 0. The van der Waals surface area contributed by atoms with E-state index in [-0.39, 0.29) is 18.9 Å². The zero-order valence-corrected chi connectivity index (χ0v) is 66.6. The summed E-state index contributed by atoms with van der Waals surface area (Å²) in [4.78, 5) is 13.5. The van der Waals surface area contributed by atoms with E-state index in [1.807, 2.05) is 6.08 Å². The van der Waals surface area contributed by atoms with Gasteiger partial charge in [-0.3, -0.25) is 4.79 Å². The first-order chi connectivity index (χ1) is 52.3. The van der Waals surface area contributed by atoms with Crippen LogP contribution < -0.4 is 5.32 Å². The number of carbonyl (C=O) groups excluding carboxylic acids is 1. The standard InChI is InChI=1S/C88H155NO18/c1-3-5-7-9-11-13-15-17-19-21-23-25-27-29-30-31-32-33-34-35-36-37-38-39-40-42-44-46-48-50-52-54-56-58-60-62-64-66-76(94)89-71(72(93)65-63-61-59-57-55-53-51-49-47-45-43-41-28-26-24-22-20-18-16-14-12-10-8-6-4-2)70-102-86-82(100)79(97)84(74(68-91)104-86)107-88-83(101)80(98)85(75(69-92)105-88)106-87-81(99)78(96)77(95)73(67-90)103-87/h5,7,11,13,17,19,23,25,29-30,47,49,55,57,63,65,71-75,77-88,90-93,95-101H,3-4,6,8-10,12,14-16,18,20-22,24,26-28,31-46,48,50-54,56,58-62,64,66-70H2,1-2H3,(H,89,94)/b7-5-,13-11-,19-17-,25-23-,30-29-,49-47+,57-55+,65-63+. The van der Waals surface area contributed by atoms with Crippen LogP contribution in [0.3, 0.4) is 0 Å². The number of hydrogen-bond donors (Lipinski definition) is 12. The van der Waals surface area contributed by atoms with Crippen molar-refractivity contribution in [1.82, 2.24) is 5.32 Å². The number of unbranched alkanes of at least 4 members (excludes halogenated alkanes) is 38. The summed E-state index contributed by atoms with van der Waals surface area (Å²) in [5.74, 6) is -0.287. The summed E-state index contributed by atoms with van der Waals surface area (Å²) < 4.78 is 34.5. The Kier molecular flexibility index (Phi) is 61.5. The second-order valence-corrected chi connectivity index (χ2v) is 30.2. The lowest BCUT2D eigenvalue weighted by atomic mass is 9.96. The number of rotatable bonds is 68. The zero-order chi connectivity index (χ0) is 77.4. The van der Waals surface area contributed by atoms with Gasteiger partial charge in [0.2, 0.25) is 5.91 Å². The van der Waals surface area contributed by atoms with E-state index in [0.29, 0.717) is 12.8 Å². The van der Waals surface area contributed by atoms with Crippen LogP contribution in [-0.4, -0.2) is 193 Å². The third kappa shape index (κ3) is 46.5. The second-order valence-electron chi connectivity index (χ2n) is 30.2. The molecule has 17 atom stereocenters. The highest BCUT2D eigenvalue weighted by Crippen LogP contribution is 2.33. The van der Waals surface area contributed by atoms with Gasteiger partial charge in [-0.25, -0.2) is 0 Å². The number of amides is 1. The number of hydrogen-bond acceptors (Lipinski definition) is 18. The van der Waals surface area contributed by atoms with Gasteiger partial charge in [0.05, 0.1) is 38.6 Å². The molecule has 0 aromatic carbocycles. The van der Waals surface area contributed by atoms with Crippen LogP contribution in [0.1, 0.15) is 322 Å². The fraction of sp³-hybridized carbons (Fsp3) is 0.807. The summed E-state index contributed by atoms with van der Waals surface area (Å²) in [6, 6.07) is -1.00. The molecule has 3 rings (SSSR count). The minimum absolute atomic E-state index is 0.231. The minimum atomic E-state index is -1.99. The van der Waals surface area contributed by atoms with Crippen LogP contribution in [0.4, 0.5) is 0 Å². The number of ether oxygens (including phenoxy) is 6. The van der Waals surface area contributed by atoms with Crippen LogP contribution in [0, 0.1) is 0 Å². The van der Waals surface area contributed by atoms with Gasteiger partial charge in [0, 0.05) is 6.42 Å². The number of nitrogens with one attached hydrogen (secondary N) is 1. The van der Waals surface area contributed by atoms with Crippen LogP contribution in [0.15, 0.2) is 97.2 Å². The molecular weight excluding hydrogens is 1360 g/mol. The van der Waals surface area contributed by atoms with Crippen molar-refractivity contribution in [2.24, 2.45) is 0 Å².